The molecule has 0 aromatic heterocycles. The maximum atomic E-state index is 3.71. The van der Waals surface area contributed by atoms with Gasteiger partial charge in [-0.2, -0.15) is 0 Å². The second kappa shape index (κ2) is 6.91. The molecule has 0 amide bonds. The van der Waals surface area contributed by atoms with E-state index in [1.807, 2.05) is 0 Å². The van der Waals surface area contributed by atoms with Gasteiger partial charge in [-0.3, -0.25) is 0 Å². The van der Waals surface area contributed by atoms with Gasteiger partial charge in [-0.1, -0.05) is 33.6 Å². The highest BCUT2D eigenvalue weighted by molar-refractivity contribution is 4.81. The van der Waals surface area contributed by atoms with E-state index in [1.54, 1.807) is 0 Å². The molecule has 0 spiro atoms. The molecule has 1 saturated heterocycles. The van der Waals surface area contributed by atoms with Crippen LogP contribution in [0.5, 0.6) is 0 Å². The molecule has 0 aromatic rings. The van der Waals surface area contributed by atoms with Crippen LogP contribution in [0.15, 0.2) is 0 Å². The summed E-state index contributed by atoms with van der Waals surface area (Å²) in [6, 6.07) is 1.37. The fraction of sp³-hybridized carbons (Fsp3) is 1.00. The molecule has 0 bridgehead atoms. The van der Waals surface area contributed by atoms with Crippen LogP contribution in [0.4, 0.5) is 0 Å². The van der Waals surface area contributed by atoms with E-state index in [9.17, 15) is 0 Å². The number of hydrogen-bond donors (Lipinski definition) is 1. The van der Waals surface area contributed by atoms with E-state index in [4.69, 9.17) is 0 Å². The van der Waals surface area contributed by atoms with E-state index in [0.717, 1.165) is 17.9 Å². The minimum absolute atomic E-state index is 0.630. The molecule has 2 nitrogen and oxygen atoms in total. The Balaban J connectivity index is 1.72. The molecular weight excluding hydrogens is 220 g/mol. The minimum Gasteiger partial charge on any atom is -0.311 e. The first-order chi connectivity index (χ1) is 8.63. The van der Waals surface area contributed by atoms with Crippen LogP contribution in [0, 0.1) is 11.8 Å². The normalized spacial score (nSPS) is 35.0. The Labute approximate surface area is 114 Å². The van der Waals surface area contributed by atoms with Crippen molar-refractivity contribution >= 4 is 0 Å². The van der Waals surface area contributed by atoms with Gasteiger partial charge in [0.05, 0.1) is 0 Å². The summed E-state index contributed by atoms with van der Waals surface area (Å²) in [6.45, 7) is 10.9. The van der Waals surface area contributed by atoms with E-state index < -0.39 is 0 Å². The van der Waals surface area contributed by atoms with Crippen molar-refractivity contribution in [1.29, 1.82) is 0 Å². The number of hydrogen-bond acceptors (Lipinski definition) is 2. The number of rotatable bonds is 4. The average molecular weight is 252 g/mol. The zero-order chi connectivity index (χ0) is 13.0. The van der Waals surface area contributed by atoms with Crippen LogP contribution >= 0.6 is 0 Å². The summed E-state index contributed by atoms with van der Waals surface area (Å²) in [4.78, 5) is 2.73. The van der Waals surface area contributed by atoms with Gasteiger partial charge in [0.2, 0.25) is 0 Å². The van der Waals surface area contributed by atoms with E-state index >= 15 is 0 Å². The number of piperidine rings is 1. The lowest BCUT2D eigenvalue weighted by atomic mass is 9.82. The van der Waals surface area contributed by atoms with Crippen molar-refractivity contribution in [3.63, 3.8) is 0 Å². The summed E-state index contributed by atoms with van der Waals surface area (Å²) in [5.74, 6) is 1.97. The smallest absolute Gasteiger partial charge is 0.0197 e. The van der Waals surface area contributed by atoms with Crippen LogP contribution in [0.1, 0.15) is 59.3 Å². The molecule has 2 rings (SSSR count). The first-order valence-corrected chi connectivity index (χ1v) is 8.12. The van der Waals surface area contributed by atoms with Crippen molar-refractivity contribution in [3.8, 4) is 0 Å². The van der Waals surface area contributed by atoms with Gasteiger partial charge in [0.15, 0.2) is 0 Å². The van der Waals surface area contributed by atoms with Crippen LogP contribution in [0.25, 0.3) is 0 Å². The Bertz CT molecular complexity index is 231. The van der Waals surface area contributed by atoms with E-state index in [1.165, 1.54) is 58.2 Å². The van der Waals surface area contributed by atoms with Crippen molar-refractivity contribution in [2.24, 2.45) is 11.8 Å². The Morgan fingerprint density at radius 3 is 2.50 bits per heavy atom. The molecule has 2 fully saturated rings. The lowest BCUT2D eigenvalue weighted by Gasteiger charge is -2.37. The molecule has 1 aliphatic heterocycles. The quantitative estimate of drug-likeness (QED) is 0.826. The molecule has 18 heavy (non-hydrogen) atoms. The number of nitrogens with one attached hydrogen (secondary N) is 1. The second-order valence-electron chi connectivity index (χ2n) is 7.05. The summed E-state index contributed by atoms with van der Waals surface area (Å²) in [6.07, 6.45) is 8.63. The predicted octanol–water partition coefficient (Wildman–Crippen LogP) is 3.28. The molecule has 1 saturated carbocycles. The average Bonchev–Trinajstić information content (AvgIpc) is 2.32. The van der Waals surface area contributed by atoms with Gasteiger partial charge in [-0.05, 0) is 44.1 Å². The highest BCUT2D eigenvalue weighted by Crippen LogP contribution is 2.29. The second-order valence-corrected chi connectivity index (χ2v) is 7.05. The van der Waals surface area contributed by atoms with Gasteiger partial charge in [0, 0.05) is 25.2 Å². The first-order valence-electron chi connectivity index (χ1n) is 8.12. The fourth-order valence-corrected chi connectivity index (χ4v) is 3.71. The molecule has 0 radical (unpaired) electrons. The summed E-state index contributed by atoms with van der Waals surface area (Å²) >= 11 is 0. The molecule has 1 atom stereocenters. The Kier molecular flexibility index (Phi) is 5.50. The number of nitrogens with zero attached hydrogens (tertiary/aromatic N) is 1. The first kappa shape index (κ1) is 14.3. The topological polar surface area (TPSA) is 15.3 Å². The van der Waals surface area contributed by atoms with E-state index in [2.05, 4.69) is 31.0 Å². The van der Waals surface area contributed by atoms with Gasteiger partial charge >= 0.3 is 0 Å². The largest absolute Gasteiger partial charge is 0.311 e. The molecule has 2 aliphatic rings. The van der Waals surface area contributed by atoms with Crippen molar-refractivity contribution in [2.45, 2.75) is 71.4 Å². The Hall–Kier alpha value is -0.0800. The zero-order valence-electron chi connectivity index (χ0n) is 12.6. The molecule has 1 aliphatic carbocycles. The highest BCUT2D eigenvalue weighted by atomic mass is 15.2. The van der Waals surface area contributed by atoms with Crippen molar-refractivity contribution < 1.29 is 0 Å². The van der Waals surface area contributed by atoms with E-state index in [0.29, 0.717) is 6.04 Å². The highest BCUT2D eigenvalue weighted by Gasteiger charge is 2.24. The van der Waals surface area contributed by atoms with Crippen LogP contribution in [-0.2, 0) is 0 Å². The van der Waals surface area contributed by atoms with Crippen molar-refractivity contribution in [2.75, 3.05) is 19.6 Å². The Morgan fingerprint density at radius 2 is 1.83 bits per heavy atom. The molecule has 1 N–H and O–H groups in total. The molecule has 106 valence electrons. The Morgan fingerprint density at radius 1 is 1.11 bits per heavy atom. The maximum Gasteiger partial charge on any atom is 0.0197 e. The van der Waals surface area contributed by atoms with Gasteiger partial charge < -0.3 is 10.2 Å². The fourth-order valence-electron chi connectivity index (χ4n) is 3.71. The monoisotopic (exact) mass is 252 g/mol. The van der Waals surface area contributed by atoms with Crippen LogP contribution in [0.3, 0.4) is 0 Å². The van der Waals surface area contributed by atoms with Crippen molar-refractivity contribution in [3.05, 3.63) is 0 Å². The third kappa shape index (κ3) is 4.55. The molecule has 0 aromatic carbocycles. The molecule has 1 unspecified atom stereocenters. The zero-order valence-corrected chi connectivity index (χ0v) is 12.6. The van der Waals surface area contributed by atoms with Crippen LogP contribution in [-0.4, -0.2) is 36.6 Å². The molecule has 2 heteroatoms. The van der Waals surface area contributed by atoms with Crippen molar-refractivity contribution in [1.82, 2.24) is 10.2 Å². The van der Waals surface area contributed by atoms with Gasteiger partial charge in [0.1, 0.15) is 0 Å². The molecule has 1 heterocycles. The van der Waals surface area contributed by atoms with Gasteiger partial charge in [0.25, 0.3) is 0 Å². The third-order valence-corrected chi connectivity index (χ3v) is 4.73. The lowest BCUT2D eigenvalue weighted by molar-refractivity contribution is 0.139. The summed E-state index contributed by atoms with van der Waals surface area (Å²) in [5, 5.41) is 3.71. The summed E-state index contributed by atoms with van der Waals surface area (Å²) in [5.41, 5.74) is 0. The predicted molar refractivity (Wildman–Crippen MR) is 78.9 cm³/mol. The lowest BCUT2D eigenvalue weighted by Crippen LogP contribution is -2.49. The summed E-state index contributed by atoms with van der Waals surface area (Å²) in [7, 11) is 0. The van der Waals surface area contributed by atoms with Gasteiger partial charge in [-0.15, -0.1) is 0 Å². The minimum atomic E-state index is 0.630. The third-order valence-electron chi connectivity index (χ3n) is 4.73. The van der Waals surface area contributed by atoms with E-state index in [-0.39, 0.29) is 0 Å². The van der Waals surface area contributed by atoms with Crippen LogP contribution in [0.2, 0.25) is 0 Å². The number of likely N-dealkylation sites (tertiary alicyclic amines) is 1. The molecular formula is C16H32N2. The van der Waals surface area contributed by atoms with Gasteiger partial charge in [-0.25, -0.2) is 0 Å². The maximum absolute atomic E-state index is 3.71. The van der Waals surface area contributed by atoms with Crippen LogP contribution < -0.4 is 5.32 Å². The standard InChI is InChI=1S/C16H32N2/c1-13(2)17-16-5-4-10-18(12-16)11-15-8-6-14(3)7-9-15/h13-17H,4-12H2,1-3H3. The summed E-state index contributed by atoms with van der Waals surface area (Å²) < 4.78 is 0. The SMILES string of the molecule is CC1CCC(CN2CCCC(NC(C)C)C2)CC1.